The van der Waals surface area contributed by atoms with Gasteiger partial charge in [-0.25, -0.2) is 9.78 Å². The molecule has 0 spiro atoms. The summed E-state index contributed by atoms with van der Waals surface area (Å²) in [6, 6.07) is 18.0. The Bertz CT molecular complexity index is 983. The van der Waals surface area contributed by atoms with Gasteiger partial charge in [-0.2, -0.15) is 0 Å². The summed E-state index contributed by atoms with van der Waals surface area (Å²) in [7, 11) is 0. The normalized spacial score (nSPS) is 12.8. The Labute approximate surface area is 181 Å². The number of aromatic nitrogens is 1. The first-order chi connectivity index (χ1) is 14.5. The zero-order chi connectivity index (χ0) is 21.5. The number of nitrogens with one attached hydrogen (secondary N) is 1. The van der Waals surface area contributed by atoms with Crippen molar-refractivity contribution in [1.82, 2.24) is 10.3 Å². The largest absolute Gasteiger partial charge is 0.448 e. The SMILES string of the molecule is CCc1ccc(-c2nc(C(=O)O[C@H](C)C(=O)NC[C@H](C)c3ccccc3)cs2)cc1. The van der Waals surface area contributed by atoms with Crippen molar-refractivity contribution in [2.24, 2.45) is 0 Å². The second-order valence-corrected chi connectivity index (χ2v) is 8.05. The van der Waals surface area contributed by atoms with Crippen LogP contribution in [-0.2, 0) is 16.0 Å². The number of ether oxygens (including phenoxy) is 1. The first kappa shape index (κ1) is 21.7. The van der Waals surface area contributed by atoms with Crippen molar-refractivity contribution in [3.05, 3.63) is 76.8 Å². The number of esters is 1. The number of aryl methyl sites for hydroxylation is 1. The van der Waals surface area contributed by atoms with Gasteiger partial charge >= 0.3 is 5.97 Å². The third-order valence-corrected chi connectivity index (χ3v) is 5.82. The number of carbonyl (C=O) groups is 2. The molecular formula is C24H26N2O3S. The van der Waals surface area contributed by atoms with Gasteiger partial charge in [0.15, 0.2) is 11.8 Å². The van der Waals surface area contributed by atoms with Crippen molar-refractivity contribution in [2.45, 2.75) is 39.2 Å². The van der Waals surface area contributed by atoms with Gasteiger partial charge in [-0.15, -0.1) is 11.3 Å². The van der Waals surface area contributed by atoms with Gasteiger partial charge in [0, 0.05) is 17.5 Å². The van der Waals surface area contributed by atoms with E-state index in [1.54, 1.807) is 12.3 Å². The summed E-state index contributed by atoms with van der Waals surface area (Å²) in [4.78, 5) is 29.1. The molecule has 0 bridgehead atoms. The van der Waals surface area contributed by atoms with Crippen molar-refractivity contribution in [3.63, 3.8) is 0 Å². The Kier molecular flexibility index (Phi) is 7.36. The minimum Gasteiger partial charge on any atom is -0.448 e. The van der Waals surface area contributed by atoms with E-state index in [0.29, 0.717) is 6.54 Å². The average molecular weight is 423 g/mol. The number of nitrogens with zero attached hydrogens (tertiary/aromatic N) is 1. The van der Waals surface area contributed by atoms with E-state index >= 15 is 0 Å². The number of rotatable bonds is 8. The topological polar surface area (TPSA) is 68.3 Å². The number of carbonyl (C=O) groups excluding carboxylic acids is 2. The van der Waals surface area contributed by atoms with Gasteiger partial charge in [0.1, 0.15) is 5.01 Å². The summed E-state index contributed by atoms with van der Waals surface area (Å²) < 4.78 is 5.32. The van der Waals surface area contributed by atoms with E-state index in [1.807, 2.05) is 49.4 Å². The minimum atomic E-state index is -0.894. The lowest BCUT2D eigenvalue weighted by Gasteiger charge is -2.16. The Morgan fingerprint density at radius 1 is 1.07 bits per heavy atom. The number of thiazole rings is 1. The lowest BCUT2D eigenvalue weighted by Crippen LogP contribution is -2.37. The van der Waals surface area contributed by atoms with E-state index in [4.69, 9.17) is 4.74 Å². The van der Waals surface area contributed by atoms with Crippen LogP contribution in [0.5, 0.6) is 0 Å². The highest BCUT2D eigenvalue weighted by molar-refractivity contribution is 7.13. The molecule has 1 N–H and O–H groups in total. The van der Waals surface area contributed by atoms with Crippen LogP contribution < -0.4 is 5.32 Å². The van der Waals surface area contributed by atoms with E-state index in [2.05, 4.69) is 29.4 Å². The first-order valence-corrected chi connectivity index (χ1v) is 10.9. The van der Waals surface area contributed by atoms with Crippen LogP contribution >= 0.6 is 11.3 Å². The van der Waals surface area contributed by atoms with E-state index < -0.39 is 12.1 Å². The van der Waals surface area contributed by atoms with Crippen molar-refractivity contribution in [2.75, 3.05) is 6.54 Å². The molecule has 0 saturated heterocycles. The minimum absolute atomic E-state index is 0.165. The number of hydrogen-bond donors (Lipinski definition) is 1. The molecule has 6 heteroatoms. The number of benzene rings is 2. The maximum absolute atomic E-state index is 12.4. The van der Waals surface area contributed by atoms with Crippen molar-refractivity contribution >= 4 is 23.2 Å². The highest BCUT2D eigenvalue weighted by atomic mass is 32.1. The van der Waals surface area contributed by atoms with Gasteiger partial charge in [-0.1, -0.05) is 68.4 Å². The molecule has 0 unspecified atom stereocenters. The molecule has 2 aromatic carbocycles. The summed E-state index contributed by atoms with van der Waals surface area (Å²) in [5.41, 5.74) is 3.56. The molecule has 0 aliphatic rings. The lowest BCUT2D eigenvalue weighted by molar-refractivity contribution is -0.129. The molecule has 2 atom stereocenters. The zero-order valence-electron chi connectivity index (χ0n) is 17.4. The monoisotopic (exact) mass is 422 g/mol. The molecule has 0 saturated carbocycles. The van der Waals surface area contributed by atoms with Crippen LogP contribution in [0.1, 0.15) is 48.3 Å². The average Bonchev–Trinajstić information content (AvgIpc) is 3.28. The van der Waals surface area contributed by atoms with Crippen LogP contribution in [0.2, 0.25) is 0 Å². The fourth-order valence-corrected chi connectivity index (χ4v) is 3.75. The predicted molar refractivity (Wildman–Crippen MR) is 120 cm³/mol. The van der Waals surface area contributed by atoms with Gasteiger partial charge in [0.05, 0.1) is 0 Å². The Hall–Kier alpha value is -2.99. The molecule has 1 aromatic heterocycles. The van der Waals surface area contributed by atoms with Gasteiger partial charge in [0.2, 0.25) is 0 Å². The van der Waals surface area contributed by atoms with Crippen LogP contribution in [0.4, 0.5) is 0 Å². The summed E-state index contributed by atoms with van der Waals surface area (Å²) in [6.07, 6.45) is 0.0780. The molecule has 30 heavy (non-hydrogen) atoms. The molecule has 3 rings (SSSR count). The molecule has 0 fully saturated rings. The van der Waals surface area contributed by atoms with Crippen molar-refractivity contribution in [1.29, 1.82) is 0 Å². The van der Waals surface area contributed by atoms with Gasteiger partial charge in [-0.05, 0) is 30.4 Å². The molecular weight excluding hydrogens is 396 g/mol. The van der Waals surface area contributed by atoms with E-state index in [1.165, 1.54) is 16.9 Å². The zero-order valence-corrected chi connectivity index (χ0v) is 18.2. The first-order valence-electron chi connectivity index (χ1n) is 10.1. The highest BCUT2D eigenvalue weighted by Gasteiger charge is 2.21. The van der Waals surface area contributed by atoms with Gasteiger partial charge in [0.25, 0.3) is 5.91 Å². The van der Waals surface area contributed by atoms with E-state index in [9.17, 15) is 9.59 Å². The smallest absolute Gasteiger partial charge is 0.358 e. The molecule has 1 heterocycles. The maximum atomic E-state index is 12.4. The van der Waals surface area contributed by atoms with Crippen LogP contribution in [-0.4, -0.2) is 29.5 Å². The summed E-state index contributed by atoms with van der Waals surface area (Å²) in [5, 5.41) is 5.25. The summed E-state index contributed by atoms with van der Waals surface area (Å²) in [5.74, 6) is -0.753. The van der Waals surface area contributed by atoms with Crippen LogP contribution in [0.3, 0.4) is 0 Å². The summed E-state index contributed by atoms with van der Waals surface area (Å²) >= 11 is 1.38. The Morgan fingerprint density at radius 3 is 2.43 bits per heavy atom. The summed E-state index contributed by atoms with van der Waals surface area (Å²) in [6.45, 7) is 6.18. The van der Waals surface area contributed by atoms with Crippen LogP contribution in [0.15, 0.2) is 60.0 Å². The van der Waals surface area contributed by atoms with Crippen molar-refractivity contribution < 1.29 is 14.3 Å². The standard InChI is InChI=1S/C24H26N2O3S/c1-4-18-10-12-20(13-11-18)23-26-21(15-30-23)24(28)29-17(3)22(27)25-14-16(2)19-8-6-5-7-9-19/h5-13,15-17H,4,14H2,1-3H3,(H,25,27)/t16-,17+/m0/s1. The fourth-order valence-electron chi connectivity index (χ4n) is 2.95. The molecule has 3 aromatic rings. The molecule has 5 nitrogen and oxygen atoms in total. The molecule has 156 valence electrons. The number of amides is 1. The lowest BCUT2D eigenvalue weighted by atomic mass is 10.0. The quantitative estimate of drug-likeness (QED) is 0.528. The van der Waals surface area contributed by atoms with E-state index in [-0.39, 0.29) is 17.5 Å². The fraction of sp³-hybridized carbons (Fsp3) is 0.292. The third kappa shape index (κ3) is 5.54. The second-order valence-electron chi connectivity index (χ2n) is 7.19. The maximum Gasteiger partial charge on any atom is 0.358 e. The third-order valence-electron chi connectivity index (χ3n) is 4.93. The Morgan fingerprint density at radius 2 is 1.77 bits per heavy atom. The number of hydrogen-bond acceptors (Lipinski definition) is 5. The highest BCUT2D eigenvalue weighted by Crippen LogP contribution is 2.24. The molecule has 0 aliphatic carbocycles. The van der Waals surface area contributed by atoms with Crippen LogP contribution in [0, 0.1) is 0 Å². The predicted octanol–water partition coefficient (Wildman–Crippen LogP) is 4.84. The van der Waals surface area contributed by atoms with Crippen molar-refractivity contribution in [3.8, 4) is 10.6 Å². The molecule has 0 aliphatic heterocycles. The van der Waals surface area contributed by atoms with Gasteiger partial charge in [-0.3, -0.25) is 4.79 Å². The molecule has 1 amide bonds. The van der Waals surface area contributed by atoms with E-state index in [0.717, 1.165) is 22.6 Å². The van der Waals surface area contributed by atoms with Crippen LogP contribution in [0.25, 0.3) is 10.6 Å². The second kappa shape index (κ2) is 10.2. The molecule has 0 radical (unpaired) electrons. The van der Waals surface area contributed by atoms with Gasteiger partial charge < -0.3 is 10.1 Å². The Balaban J connectivity index is 1.53.